The predicted molar refractivity (Wildman–Crippen MR) is 71.4 cm³/mol. The van der Waals surface area contributed by atoms with Crippen LogP contribution in [0.2, 0.25) is 0 Å². The topological polar surface area (TPSA) is 28.0 Å². The van der Waals surface area contributed by atoms with Crippen LogP contribution in [0.15, 0.2) is 64.7 Å². The van der Waals surface area contributed by atoms with Gasteiger partial charge in [-0.15, -0.1) is 0 Å². The van der Waals surface area contributed by atoms with E-state index in [0.29, 0.717) is 5.69 Å². The van der Waals surface area contributed by atoms with Crippen molar-refractivity contribution in [3.8, 4) is 0 Å². The molecule has 0 amide bonds. The summed E-state index contributed by atoms with van der Waals surface area (Å²) in [5.41, 5.74) is 1.38. The first-order chi connectivity index (χ1) is 10.3. The summed E-state index contributed by atoms with van der Waals surface area (Å²) in [6.45, 7) is 0. The van der Waals surface area contributed by atoms with Gasteiger partial charge < -0.3 is 4.90 Å². The molecule has 86 valence electrons. The molecule has 0 bridgehead atoms. The van der Waals surface area contributed by atoms with E-state index >= 15 is 0 Å². The Kier molecular flexibility index (Phi) is 2.02. The normalized spacial score (nSPS) is 14.8. The maximum atomic E-state index is 7.76. The Morgan fingerprint density at radius 3 is 2.06 bits per heavy atom. The van der Waals surface area contributed by atoms with E-state index in [1.807, 2.05) is 31.1 Å². The monoisotopic (exact) mass is 230 g/mol. The standard InChI is InChI=1S/C14H15N3/c1-17(2)14-10-8-13(9-11-14)16-15-12-6-4-3-5-7-12/h3-11H,1-2H3/i3D,4D,5D,6D,7D. The Hall–Kier alpha value is -2.16. The average Bonchev–Trinajstić information content (AvgIpc) is 2.51. The van der Waals surface area contributed by atoms with Crippen LogP contribution in [0.3, 0.4) is 0 Å². The van der Waals surface area contributed by atoms with Gasteiger partial charge in [-0.05, 0) is 36.4 Å². The van der Waals surface area contributed by atoms with E-state index in [9.17, 15) is 0 Å². The third kappa shape index (κ3) is 3.14. The molecule has 3 nitrogen and oxygen atoms in total. The van der Waals surface area contributed by atoms with Crippen LogP contribution in [0.25, 0.3) is 0 Å². The molecule has 2 aromatic carbocycles. The van der Waals surface area contributed by atoms with Gasteiger partial charge in [0.15, 0.2) is 0 Å². The Morgan fingerprint density at radius 2 is 1.47 bits per heavy atom. The number of hydrogen-bond donors (Lipinski definition) is 0. The Bertz CT molecular complexity index is 697. The van der Waals surface area contributed by atoms with Crippen LogP contribution in [0.5, 0.6) is 0 Å². The van der Waals surface area contributed by atoms with Crippen LogP contribution >= 0.6 is 0 Å². The molecule has 0 heterocycles. The van der Waals surface area contributed by atoms with Crippen molar-refractivity contribution < 1.29 is 6.85 Å². The van der Waals surface area contributed by atoms with Gasteiger partial charge in [-0.3, -0.25) is 0 Å². The molecule has 0 aromatic heterocycles. The van der Waals surface area contributed by atoms with E-state index in [-0.39, 0.29) is 17.8 Å². The van der Waals surface area contributed by atoms with Crippen molar-refractivity contribution >= 4 is 17.1 Å². The molecule has 2 rings (SSSR count). The predicted octanol–water partition coefficient (Wildman–Crippen LogP) is 4.17. The zero-order valence-electron chi connectivity index (χ0n) is 14.7. The number of anilines is 1. The van der Waals surface area contributed by atoms with E-state index in [1.165, 1.54) is 0 Å². The number of azo groups is 1. The summed E-state index contributed by atoms with van der Waals surface area (Å²) in [7, 11) is 3.84. The van der Waals surface area contributed by atoms with Crippen molar-refractivity contribution in [1.29, 1.82) is 0 Å². The first kappa shape index (κ1) is 6.55. The van der Waals surface area contributed by atoms with Crippen molar-refractivity contribution in [2.24, 2.45) is 10.2 Å². The van der Waals surface area contributed by atoms with Crippen LogP contribution < -0.4 is 4.90 Å². The molecule has 0 saturated carbocycles. The molecule has 0 radical (unpaired) electrons. The highest BCUT2D eigenvalue weighted by Crippen LogP contribution is 2.20. The molecule has 0 atom stereocenters. The molecular formula is C14H15N3. The van der Waals surface area contributed by atoms with Gasteiger partial charge >= 0.3 is 0 Å². The van der Waals surface area contributed by atoms with Crippen LogP contribution in [0, 0.1) is 0 Å². The fourth-order valence-electron chi connectivity index (χ4n) is 1.22. The number of hydrogen-bond acceptors (Lipinski definition) is 3. The lowest BCUT2D eigenvalue weighted by molar-refractivity contribution is 1.13. The quantitative estimate of drug-likeness (QED) is 0.727. The van der Waals surface area contributed by atoms with Gasteiger partial charge in [0.25, 0.3) is 0 Å². The minimum absolute atomic E-state index is 0.164. The lowest BCUT2D eigenvalue weighted by atomic mass is 10.3. The fourth-order valence-corrected chi connectivity index (χ4v) is 1.22. The maximum absolute atomic E-state index is 7.76. The van der Waals surface area contributed by atoms with E-state index in [1.54, 1.807) is 12.1 Å². The van der Waals surface area contributed by atoms with Gasteiger partial charge in [-0.1, -0.05) is 18.1 Å². The van der Waals surface area contributed by atoms with Gasteiger partial charge in [0.1, 0.15) is 0 Å². The Balaban J connectivity index is 2.38. The summed E-state index contributed by atoms with van der Waals surface area (Å²) < 4.78 is 38.2. The number of benzene rings is 2. The van der Waals surface area contributed by atoms with Crippen molar-refractivity contribution in [3.63, 3.8) is 0 Å². The third-order valence-electron chi connectivity index (χ3n) is 2.12. The Labute approximate surface area is 108 Å². The molecule has 0 aliphatic heterocycles. The first-order valence-electron chi connectivity index (χ1n) is 7.59. The number of nitrogens with zero attached hydrogens (tertiary/aromatic N) is 3. The van der Waals surface area contributed by atoms with E-state index < -0.39 is 18.1 Å². The molecule has 2 aromatic rings. The van der Waals surface area contributed by atoms with Crippen LogP contribution in [0.1, 0.15) is 6.85 Å². The molecule has 0 saturated heterocycles. The molecule has 0 unspecified atom stereocenters. The van der Waals surface area contributed by atoms with E-state index in [0.717, 1.165) is 5.69 Å². The summed E-state index contributed by atoms with van der Waals surface area (Å²) in [5.74, 6) is 0. The molecule has 0 fully saturated rings. The maximum Gasteiger partial charge on any atom is 0.0858 e. The van der Waals surface area contributed by atoms with Gasteiger partial charge in [0, 0.05) is 19.8 Å². The molecule has 0 N–H and O–H groups in total. The fraction of sp³-hybridized carbons (Fsp3) is 0.143. The highest BCUT2D eigenvalue weighted by atomic mass is 15.1. The SMILES string of the molecule is [2H]c1c([2H])c([2H])c(N=Nc2ccc(N(C)C)cc2)c([2H])c1[2H]. The van der Waals surface area contributed by atoms with Crippen LogP contribution in [-0.2, 0) is 0 Å². The zero-order valence-corrected chi connectivity index (χ0v) is 9.65. The summed E-state index contributed by atoms with van der Waals surface area (Å²) in [5, 5.41) is 7.77. The number of rotatable bonds is 3. The molecule has 17 heavy (non-hydrogen) atoms. The molecule has 0 aliphatic rings. The summed E-state index contributed by atoms with van der Waals surface area (Å²) in [6.07, 6.45) is 0. The van der Waals surface area contributed by atoms with E-state index in [2.05, 4.69) is 10.2 Å². The molecule has 3 heteroatoms. The first-order valence-corrected chi connectivity index (χ1v) is 5.09. The van der Waals surface area contributed by atoms with Crippen molar-refractivity contribution in [3.05, 3.63) is 54.5 Å². The van der Waals surface area contributed by atoms with Crippen LogP contribution in [-0.4, -0.2) is 14.1 Å². The second kappa shape index (κ2) is 5.25. The Morgan fingerprint density at radius 1 is 0.882 bits per heavy atom. The minimum Gasteiger partial charge on any atom is -0.378 e. The lowest BCUT2D eigenvalue weighted by Gasteiger charge is -2.11. The van der Waals surface area contributed by atoms with Crippen molar-refractivity contribution in [2.75, 3.05) is 19.0 Å². The second-order valence-electron chi connectivity index (χ2n) is 3.58. The van der Waals surface area contributed by atoms with Gasteiger partial charge in [0.05, 0.1) is 18.2 Å². The van der Waals surface area contributed by atoms with Gasteiger partial charge in [-0.2, -0.15) is 10.2 Å². The summed E-state index contributed by atoms with van der Waals surface area (Å²) in [4.78, 5) is 1.94. The van der Waals surface area contributed by atoms with Gasteiger partial charge in [-0.25, -0.2) is 0 Å². The molecular weight excluding hydrogens is 210 g/mol. The summed E-state index contributed by atoms with van der Waals surface area (Å²) in [6, 6.07) is 5.20. The van der Waals surface area contributed by atoms with Crippen molar-refractivity contribution in [1.82, 2.24) is 0 Å². The third-order valence-corrected chi connectivity index (χ3v) is 2.12. The second-order valence-corrected chi connectivity index (χ2v) is 3.58. The zero-order chi connectivity index (χ0) is 16.4. The minimum atomic E-state index is -0.440. The lowest BCUT2D eigenvalue weighted by Crippen LogP contribution is -2.07. The molecule has 0 spiro atoms. The highest BCUT2D eigenvalue weighted by molar-refractivity contribution is 5.51. The largest absolute Gasteiger partial charge is 0.378 e. The highest BCUT2D eigenvalue weighted by Gasteiger charge is 1.94. The van der Waals surface area contributed by atoms with E-state index in [4.69, 9.17) is 6.85 Å². The average molecular weight is 230 g/mol. The van der Waals surface area contributed by atoms with Crippen molar-refractivity contribution in [2.45, 2.75) is 0 Å². The summed E-state index contributed by atoms with van der Waals surface area (Å²) >= 11 is 0. The molecule has 0 aliphatic carbocycles. The smallest absolute Gasteiger partial charge is 0.0858 e. The van der Waals surface area contributed by atoms with Crippen LogP contribution in [0.4, 0.5) is 17.1 Å². The van der Waals surface area contributed by atoms with Gasteiger partial charge in [0.2, 0.25) is 0 Å².